The van der Waals surface area contributed by atoms with Gasteiger partial charge in [0.05, 0.1) is 18.5 Å². The predicted octanol–water partition coefficient (Wildman–Crippen LogP) is 5.52. The predicted molar refractivity (Wildman–Crippen MR) is 121 cm³/mol. The number of aromatic nitrogens is 2. The number of piperidine rings is 1. The lowest BCUT2D eigenvalue weighted by molar-refractivity contribution is 0.205. The van der Waals surface area contributed by atoms with Crippen molar-refractivity contribution in [2.24, 2.45) is 0 Å². The average molecular weight is 408 g/mol. The minimum Gasteiger partial charge on any atom is -0.494 e. The third-order valence-corrected chi connectivity index (χ3v) is 6.07. The minimum absolute atomic E-state index is 0.770. The molecule has 4 rings (SSSR count). The van der Waals surface area contributed by atoms with Crippen LogP contribution in [0.2, 0.25) is 0 Å². The lowest BCUT2D eigenvalue weighted by atomic mass is 10.1. The largest absolute Gasteiger partial charge is 0.494 e. The van der Waals surface area contributed by atoms with Crippen molar-refractivity contribution < 1.29 is 4.74 Å². The van der Waals surface area contributed by atoms with Crippen LogP contribution in [0.15, 0.2) is 66.0 Å². The molecule has 1 saturated heterocycles. The average Bonchev–Trinajstić information content (AvgIpc) is 3.23. The van der Waals surface area contributed by atoms with Crippen LogP contribution in [0.1, 0.15) is 25.7 Å². The number of rotatable bonds is 8. The van der Waals surface area contributed by atoms with Crippen LogP contribution in [-0.2, 0) is 0 Å². The van der Waals surface area contributed by atoms with E-state index in [2.05, 4.69) is 69.2 Å². The van der Waals surface area contributed by atoms with Gasteiger partial charge in [-0.15, -0.1) is 0 Å². The molecular formula is C24H29N3OS. The van der Waals surface area contributed by atoms with Gasteiger partial charge in [-0.1, -0.05) is 48.5 Å². The van der Waals surface area contributed by atoms with Gasteiger partial charge < -0.3 is 9.64 Å². The van der Waals surface area contributed by atoms with Crippen molar-refractivity contribution in [1.82, 2.24) is 14.5 Å². The Morgan fingerprint density at radius 2 is 1.72 bits per heavy atom. The van der Waals surface area contributed by atoms with Crippen LogP contribution < -0.4 is 4.74 Å². The Labute approximate surface area is 177 Å². The van der Waals surface area contributed by atoms with E-state index in [1.165, 1.54) is 37.9 Å². The van der Waals surface area contributed by atoms with Crippen LogP contribution in [0.4, 0.5) is 0 Å². The highest BCUT2D eigenvalue weighted by Crippen LogP contribution is 2.29. The van der Waals surface area contributed by atoms with Gasteiger partial charge in [0.2, 0.25) is 0 Å². The van der Waals surface area contributed by atoms with E-state index in [-0.39, 0.29) is 0 Å². The molecule has 1 aliphatic rings. The molecule has 152 valence electrons. The van der Waals surface area contributed by atoms with Gasteiger partial charge in [0, 0.05) is 17.8 Å². The Balaban J connectivity index is 1.41. The molecule has 3 aromatic rings. The summed E-state index contributed by atoms with van der Waals surface area (Å²) in [4.78, 5) is 7.16. The van der Waals surface area contributed by atoms with E-state index in [9.17, 15) is 0 Å². The smallest absolute Gasteiger partial charge is 0.172 e. The zero-order chi connectivity index (χ0) is 19.9. The number of hydrogen-bond acceptors (Lipinski definition) is 4. The van der Waals surface area contributed by atoms with E-state index in [1.807, 2.05) is 12.3 Å². The molecule has 0 unspecified atom stereocenters. The van der Waals surface area contributed by atoms with Crippen LogP contribution in [0, 0.1) is 0 Å². The summed E-state index contributed by atoms with van der Waals surface area (Å²) in [6, 6.07) is 18.8. The maximum atomic E-state index is 5.98. The summed E-state index contributed by atoms with van der Waals surface area (Å²) in [6.07, 6.45) is 9.18. The Morgan fingerprint density at radius 1 is 0.966 bits per heavy atom. The van der Waals surface area contributed by atoms with Crippen LogP contribution >= 0.6 is 11.8 Å². The molecule has 0 aliphatic carbocycles. The fourth-order valence-corrected chi connectivity index (χ4v) is 4.44. The molecule has 4 nitrogen and oxygen atoms in total. The molecule has 0 radical (unpaired) electrons. The summed E-state index contributed by atoms with van der Waals surface area (Å²) < 4.78 is 8.19. The summed E-state index contributed by atoms with van der Waals surface area (Å²) in [5.41, 5.74) is 3.37. The lowest BCUT2D eigenvalue weighted by Crippen LogP contribution is -2.31. The number of ether oxygens (including phenoxy) is 1. The van der Waals surface area contributed by atoms with Gasteiger partial charge in [0.25, 0.3) is 0 Å². The van der Waals surface area contributed by atoms with Crippen LogP contribution in [-0.4, -0.2) is 46.9 Å². The van der Waals surface area contributed by atoms with E-state index < -0.39 is 0 Å². The molecule has 1 aromatic heterocycles. The number of imidazole rings is 1. The Hall–Kier alpha value is -2.24. The van der Waals surface area contributed by atoms with Gasteiger partial charge in [0.1, 0.15) is 5.75 Å². The van der Waals surface area contributed by atoms with Crippen molar-refractivity contribution in [2.75, 3.05) is 32.5 Å². The molecule has 0 N–H and O–H groups in total. The zero-order valence-corrected chi connectivity index (χ0v) is 17.9. The van der Waals surface area contributed by atoms with Crippen LogP contribution in [0.5, 0.6) is 5.75 Å². The standard InChI is InChI=1S/C24H29N3OS/c1-29-24-25-19-23(20-9-4-2-5-10-20)27(24)21-11-13-22(14-12-21)28-18-8-17-26-15-6-3-7-16-26/h2,4-5,9-14,19H,3,6-8,15-18H2,1H3. The molecule has 0 spiro atoms. The second-order valence-electron chi connectivity index (χ2n) is 7.43. The summed E-state index contributed by atoms with van der Waals surface area (Å²) >= 11 is 1.66. The SMILES string of the molecule is CSc1ncc(-c2ccccc2)n1-c1ccc(OCCCN2CCCCC2)cc1. The number of nitrogens with zero attached hydrogens (tertiary/aromatic N) is 3. The Morgan fingerprint density at radius 3 is 2.45 bits per heavy atom. The van der Waals surface area contributed by atoms with Crippen molar-refractivity contribution in [2.45, 2.75) is 30.8 Å². The second kappa shape index (κ2) is 9.99. The first-order chi connectivity index (χ1) is 14.3. The van der Waals surface area contributed by atoms with Crippen molar-refractivity contribution in [3.05, 3.63) is 60.8 Å². The normalized spacial score (nSPS) is 14.8. The highest BCUT2D eigenvalue weighted by atomic mass is 32.2. The van der Waals surface area contributed by atoms with Crippen LogP contribution in [0.25, 0.3) is 16.9 Å². The maximum Gasteiger partial charge on any atom is 0.172 e. The fourth-order valence-electron chi connectivity index (χ4n) is 3.89. The molecule has 5 heteroatoms. The first-order valence-corrected chi connectivity index (χ1v) is 11.7. The summed E-state index contributed by atoms with van der Waals surface area (Å²) in [5, 5.41) is 0.985. The molecule has 0 atom stereocenters. The zero-order valence-electron chi connectivity index (χ0n) is 17.1. The highest BCUT2D eigenvalue weighted by molar-refractivity contribution is 7.98. The molecule has 0 amide bonds. The lowest BCUT2D eigenvalue weighted by Gasteiger charge is -2.26. The van der Waals surface area contributed by atoms with E-state index in [1.54, 1.807) is 11.8 Å². The molecule has 0 saturated carbocycles. The monoisotopic (exact) mass is 407 g/mol. The second-order valence-corrected chi connectivity index (χ2v) is 8.20. The van der Waals surface area contributed by atoms with Crippen molar-refractivity contribution in [3.8, 4) is 22.7 Å². The van der Waals surface area contributed by atoms with E-state index in [0.29, 0.717) is 0 Å². The fraction of sp³-hybridized carbons (Fsp3) is 0.375. The molecule has 2 heterocycles. The summed E-state index contributed by atoms with van der Waals surface area (Å²) in [6.45, 7) is 4.42. The molecule has 29 heavy (non-hydrogen) atoms. The number of benzene rings is 2. The van der Waals surface area contributed by atoms with Crippen molar-refractivity contribution >= 4 is 11.8 Å². The highest BCUT2D eigenvalue weighted by Gasteiger charge is 2.13. The van der Waals surface area contributed by atoms with Gasteiger partial charge in [-0.05, 0) is 62.9 Å². The van der Waals surface area contributed by atoms with Gasteiger partial charge in [0.15, 0.2) is 5.16 Å². The number of hydrogen-bond donors (Lipinski definition) is 0. The van der Waals surface area contributed by atoms with Gasteiger partial charge >= 0.3 is 0 Å². The van der Waals surface area contributed by atoms with E-state index in [0.717, 1.165) is 41.9 Å². The van der Waals surface area contributed by atoms with Gasteiger partial charge in [-0.25, -0.2) is 4.98 Å². The maximum absolute atomic E-state index is 5.98. The number of thioether (sulfide) groups is 1. The number of likely N-dealkylation sites (tertiary alicyclic amines) is 1. The van der Waals surface area contributed by atoms with Crippen molar-refractivity contribution in [1.29, 1.82) is 0 Å². The molecule has 2 aromatic carbocycles. The van der Waals surface area contributed by atoms with Crippen molar-refractivity contribution in [3.63, 3.8) is 0 Å². The first-order valence-electron chi connectivity index (χ1n) is 10.5. The topological polar surface area (TPSA) is 30.3 Å². The Kier molecular flexibility index (Phi) is 6.91. The third kappa shape index (κ3) is 5.03. The van der Waals surface area contributed by atoms with E-state index in [4.69, 9.17) is 4.74 Å². The molecule has 1 aliphatic heterocycles. The molecule has 1 fully saturated rings. The third-order valence-electron chi connectivity index (χ3n) is 5.41. The molecular weight excluding hydrogens is 378 g/mol. The minimum atomic E-state index is 0.770. The van der Waals surface area contributed by atoms with Crippen LogP contribution in [0.3, 0.4) is 0 Å². The summed E-state index contributed by atoms with van der Waals surface area (Å²) in [5.74, 6) is 0.930. The van der Waals surface area contributed by atoms with Gasteiger partial charge in [-0.3, -0.25) is 4.57 Å². The van der Waals surface area contributed by atoms with Gasteiger partial charge in [-0.2, -0.15) is 0 Å². The van der Waals surface area contributed by atoms with E-state index >= 15 is 0 Å². The Bertz CT molecular complexity index is 886. The summed E-state index contributed by atoms with van der Waals surface area (Å²) in [7, 11) is 0. The quantitative estimate of drug-likeness (QED) is 0.363. The molecule has 0 bridgehead atoms. The first kappa shape index (κ1) is 20.0.